The van der Waals surface area contributed by atoms with Gasteiger partial charge in [0.15, 0.2) is 0 Å². The smallest absolute Gasteiger partial charge is 0.404 e. The number of primary amides is 1. The number of thioether (sulfide) groups is 1. The molecule has 0 bridgehead atoms. The number of amides is 1. The highest BCUT2D eigenvalue weighted by molar-refractivity contribution is 7.98. The lowest BCUT2D eigenvalue weighted by atomic mass is 10.3. The van der Waals surface area contributed by atoms with E-state index in [-0.39, 0.29) is 6.10 Å². The van der Waals surface area contributed by atoms with Crippen molar-refractivity contribution in [3.8, 4) is 0 Å². The van der Waals surface area contributed by atoms with E-state index in [9.17, 15) is 4.79 Å². The number of hydrogen-bond acceptors (Lipinski definition) is 3. The van der Waals surface area contributed by atoms with Gasteiger partial charge in [0, 0.05) is 0 Å². The van der Waals surface area contributed by atoms with Crippen molar-refractivity contribution >= 4 is 17.9 Å². The highest BCUT2D eigenvalue weighted by Crippen LogP contribution is 2.02. The summed E-state index contributed by atoms with van der Waals surface area (Å²) in [5.41, 5.74) is 4.80. The van der Waals surface area contributed by atoms with Crippen molar-refractivity contribution < 1.29 is 9.53 Å². The summed E-state index contributed by atoms with van der Waals surface area (Å²) in [6, 6.07) is 0. The Balaban J connectivity index is 3.25. The van der Waals surface area contributed by atoms with Crippen LogP contribution < -0.4 is 5.73 Å². The molecule has 0 spiro atoms. The average Bonchev–Trinajstić information content (AvgIpc) is 1.82. The van der Waals surface area contributed by atoms with Crippen LogP contribution in [0.25, 0.3) is 0 Å². The Morgan fingerprint density at radius 1 is 1.80 bits per heavy atom. The number of rotatable bonds is 4. The molecule has 0 saturated heterocycles. The Morgan fingerprint density at radius 3 is 2.80 bits per heavy atom. The van der Waals surface area contributed by atoms with Gasteiger partial charge in [0.1, 0.15) is 6.10 Å². The van der Waals surface area contributed by atoms with Crippen molar-refractivity contribution in [2.24, 2.45) is 5.73 Å². The van der Waals surface area contributed by atoms with E-state index >= 15 is 0 Å². The molecule has 1 atom stereocenters. The minimum atomic E-state index is -0.686. The van der Waals surface area contributed by atoms with Crippen LogP contribution in [0, 0.1) is 0 Å². The van der Waals surface area contributed by atoms with E-state index in [4.69, 9.17) is 5.73 Å². The predicted molar refractivity (Wildman–Crippen MR) is 43.1 cm³/mol. The number of nitrogens with two attached hydrogens (primary N) is 1. The fourth-order valence-corrected chi connectivity index (χ4v) is 1.11. The van der Waals surface area contributed by atoms with E-state index in [1.54, 1.807) is 11.8 Å². The lowest BCUT2D eigenvalue weighted by molar-refractivity contribution is 0.115. The van der Waals surface area contributed by atoms with Crippen LogP contribution in [0.3, 0.4) is 0 Å². The summed E-state index contributed by atoms with van der Waals surface area (Å²) in [6.45, 7) is 1.83. The highest BCUT2D eigenvalue weighted by atomic mass is 32.2. The van der Waals surface area contributed by atoms with E-state index in [1.807, 2.05) is 13.2 Å². The Morgan fingerprint density at radius 2 is 2.40 bits per heavy atom. The molecule has 0 aromatic rings. The highest BCUT2D eigenvalue weighted by Gasteiger charge is 2.03. The van der Waals surface area contributed by atoms with Crippen LogP contribution in [0.1, 0.15) is 13.3 Å². The second kappa shape index (κ2) is 5.41. The third-order valence-corrected chi connectivity index (χ3v) is 1.69. The SMILES string of the molecule is CSCCC(C)OC(N)=O. The molecule has 1 amide bonds. The third-order valence-electron chi connectivity index (χ3n) is 1.05. The zero-order chi connectivity index (χ0) is 7.98. The molecule has 1 unspecified atom stereocenters. The summed E-state index contributed by atoms with van der Waals surface area (Å²) >= 11 is 1.72. The predicted octanol–water partition coefficient (Wildman–Crippen LogP) is 1.22. The lowest BCUT2D eigenvalue weighted by Gasteiger charge is -2.09. The fourth-order valence-electron chi connectivity index (χ4n) is 0.541. The van der Waals surface area contributed by atoms with Gasteiger partial charge >= 0.3 is 6.09 Å². The number of hydrogen-bond donors (Lipinski definition) is 1. The molecule has 0 aromatic carbocycles. The Labute approximate surface area is 65.3 Å². The minimum absolute atomic E-state index is 0.0510. The molecule has 0 radical (unpaired) electrons. The maximum Gasteiger partial charge on any atom is 0.404 e. The van der Waals surface area contributed by atoms with E-state index in [0.717, 1.165) is 12.2 Å². The molecule has 60 valence electrons. The first-order valence-electron chi connectivity index (χ1n) is 3.12. The molecule has 0 fully saturated rings. The molecule has 0 aliphatic rings. The first-order valence-corrected chi connectivity index (χ1v) is 4.51. The summed E-state index contributed by atoms with van der Waals surface area (Å²) in [4.78, 5) is 10.2. The first-order chi connectivity index (χ1) is 4.66. The minimum Gasteiger partial charge on any atom is -0.447 e. The summed E-state index contributed by atoms with van der Waals surface area (Å²) in [6.07, 6.45) is 2.14. The van der Waals surface area contributed by atoms with Crippen molar-refractivity contribution in [3.05, 3.63) is 0 Å². The monoisotopic (exact) mass is 163 g/mol. The standard InChI is InChI=1S/C6H13NO2S/c1-5(3-4-10-2)9-6(7)8/h5H,3-4H2,1-2H3,(H2,7,8). The fraction of sp³-hybridized carbons (Fsp3) is 0.833. The van der Waals surface area contributed by atoms with Crippen molar-refractivity contribution in [2.45, 2.75) is 19.4 Å². The topological polar surface area (TPSA) is 52.3 Å². The normalized spacial score (nSPS) is 12.6. The van der Waals surface area contributed by atoms with Crippen LogP contribution in [0.4, 0.5) is 4.79 Å². The van der Waals surface area contributed by atoms with Gasteiger partial charge < -0.3 is 10.5 Å². The van der Waals surface area contributed by atoms with Gasteiger partial charge in [0.25, 0.3) is 0 Å². The molecule has 2 N–H and O–H groups in total. The van der Waals surface area contributed by atoms with Crippen molar-refractivity contribution in [1.82, 2.24) is 0 Å². The summed E-state index contributed by atoms with van der Waals surface area (Å²) in [5.74, 6) is 0.994. The van der Waals surface area contributed by atoms with Gasteiger partial charge in [-0.1, -0.05) is 0 Å². The van der Waals surface area contributed by atoms with Crippen molar-refractivity contribution in [1.29, 1.82) is 0 Å². The quantitative estimate of drug-likeness (QED) is 0.678. The van der Waals surface area contributed by atoms with Crippen molar-refractivity contribution in [3.63, 3.8) is 0 Å². The Kier molecular flexibility index (Phi) is 5.20. The molecule has 4 heteroatoms. The Bertz CT molecular complexity index is 108. The molecule has 0 rings (SSSR count). The van der Waals surface area contributed by atoms with Crippen molar-refractivity contribution in [2.75, 3.05) is 12.0 Å². The van der Waals surface area contributed by atoms with Crippen LogP contribution >= 0.6 is 11.8 Å². The molecular weight excluding hydrogens is 150 g/mol. The van der Waals surface area contributed by atoms with Gasteiger partial charge in [-0.05, 0) is 25.4 Å². The van der Waals surface area contributed by atoms with Gasteiger partial charge in [-0.25, -0.2) is 4.79 Å². The molecule has 0 saturated carbocycles. The van der Waals surface area contributed by atoms with Gasteiger partial charge in [-0.2, -0.15) is 11.8 Å². The third kappa shape index (κ3) is 5.75. The maximum absolute atomic E-state index is 10.2. The Hall–Kier alpha value is -0.380. The molecule has 0 aliphatic carbocycles. The largest absolute Gasteiger partial charge is 0.447 e. The molecular formula is C6H13NO2S. The molecule has 0 aromatic heterocycles. The van der Waals surface area contributed by atoms with E-state index in [1.165, 1.54) is 0 Å². The van der Waals surface area contributed by atoms with Crippen LogP contribution in [-0.4, -0.2) is 24.2 Å². The van der Waals surface area contributed by atoms with Crippen LogP contribution in [0.5, 0.6) is 0 Å². The second-order valence-corrected chi connectivity index (χ2v) is 3.01. The van der Waals surface area contributed by atoms with Gasteiger partial charge in [0.2, 0.25) is 0 Å². The first kappa shape index (κ1) is 9.62. The summed E-state index contributed by atoms with van der Waals surface area (Å²) in [5, 5.41) is 0. The zero-order valence-corrected chi connectivity index (χ0v) is 7.11. The second-order valence-electron chi connectivity index (χ2n) is 2.03. The summed E-state index contributed by atoms with van der Waals surface area (Å²) < 4.78 is 4.68. The van der Waals surface area contributed by atoms with Crippen LogP contribution in [0.2, 0.25) is 0 Å². The number of carbonyl (C=O) groups is 1. The van der Waals surface area contributed by atoms with Crippen LogP contribution in [0.15, 0.2) is 0 Å². The lowest BCUT2D eigenvalue weighted by Crippen LogP contribution is -2.20. The van der Waals surface area contributed by atoms with E-state index < -0.39 is 6.09 Å². The summed E-state index contributed by atoms with van der Waals surface area (Å²) in [7, 11) is 0. The number of carbonyl (C=O) groups excluding carboxylic acids is 1. The molecule has 10 heavy (non-hydrogen) atoms. The maximum atomic E-state index is 10.2. The molecule has 0 heterocycles. The van der Waals surface area contributed by atoms with Gasteiger partial charge in [-0.3, -0.25) is 0 Å². The van der Waals surface area contributed by atoms with Crippen LogP contribution in [-0.2, 0) is 4.74 Å². The zero-order valence-electron chi connectivity index (χ0n) is 6.29. The molecule has 3 nitrogen and oxygen atoms in total. The van der Waals surface area contributed by atoms with Gasteiger partial charge in [-0.15, -0.1) is 0 Å². The van der Waals surface area contributed by atoms with E-state index in [0.29, 0.717) is 0 Å². The average molecular weight is 163 g/mol. The molecule has 0 aliphatic heterocycles. The van der Waals surface area contributed by atoms with E-state index in [2.05, 4.69) is 4.74 Å². The number of ether oxygens (including phenoxy) is 1. The van der Waals surface area contributed by atoms with Gasteiger partial charge in [0.05, 0.1) is 0 Å².